The molecular formula is C17H20ClN3O. The quantitative estimate of drug-likeness (QED) is 0.940. The molecule has 1 amide bonds. The third-order valence-corrected chi connectivity index (χ3v) is 4.62. The van der Waals surface area contributed by atoms with E-state index >= 15 is 0 Å². The number of halogens is 1. The van der Waals surface area contributed by atoms with Gasteiger partial charge in [0, 0.05) is 16.9 Å². The Hall–Kier alpha value is -1.81. The number of amides is 1. The average molecular weight is 318 g/mol. The first kappa shape index (κ1) is 15.1. The van der Waals surface area contributed by atoms with Crippen LogP contribution in [0, 0.1) is 12.8 Å². The Bertz CT molecular complexity index is 708. The Balaban J connectivity index is 1.68. The lowest BCUT2D eigenvalue weighted by Gasteiger charge is -2.15. The van der Waals surface area contributed by atoms with Gasteiger partial charge < -0.3 is 5.32 Å². The van der Waals surface area contributed by atoms with Gasteiger partial charge in [0.1, 0.15) is 6.54 Å². The molecule has 4 nitrogen and oxygen atoms in total. The van der Waals surface area contributed by atoms with E-state index in [1.807, 2.05) is 31.3 Å². The first-order valence-corrected chi connectivity index (χ1v) is 8.01. The highest BCUT2D eigenvalue weighted by Gasteiger charge is 2.19. The van der Waals surface area contributed by atoms with Crippen LogP contribution in [0.3, 0.4) is 0 Å². The van der Waals surface area contributed by atoms with Gasteiger partial charge in [-0.25, -0.2) is 0 Å². The van der Waals surface area contributed by atoms with Gasteiger partial charge in [0.25, 0.3) is 0 Å². The largest absolute Gasteiger partial charge is 0.324 e. The van der Waals surface area contributed by atoms with Gasteiger partial charge in [-0.3, -0.25) is 9.48 Å². The van der Waals surface area contributed by atoms with Gasteiger partial charge in [-0.1, -0.05) is 24.6 Å². The Labute approximate surface area is 135 Å². The summed E-state index contributed by atoms with van der Waals surface area (Å²) >= 11 is 6.07. The van der Waals surface area contributed by atoms with Crippen LogP contribution in [0.4, 0.5) is 5.69 Å². The number of hydrogen-bond acceptors (Lipinski definition) is 2. The molecule has 2 aromatic rings. The van der Waals surface area contributed by atoms with Crippen molar-refractivity contribution in [3.8, 4) is 0 Å². The fraction of sp³-hybridized carbons (Fsp3) is 0.412. The van der Waals surface area contributed by atoms with Crippen LogP contribution in [0.15, 0.2) is 24.4 Å². The second kappa shape index (κ2) is 6.13. The van der Waals surface area contributed by atoms with Crippen molar-refractivity contribution in [2.75, 3.05) is 5.32 Å². The number of hydrogen-bond donors (Lipinski definition) is 1. The third kappa shape index (κ3) is 3.17. The van der Waals surface area contributed by atoms with Crippen molar-refractivity contribution in [1.82, 2.24) is 9.78 Å². The van der Waals surface area contributed by atoms with Crippen LogP contribution in [-0.4, -0.2) is 15.7 Å². The lowest BCUT2D eigenvalue weighted by Crippen LogP contribution is -2.19. The van der Waals surface area contributed by atoms with Gasteiger partial charge in [0.2, 0.25) is 5.91 Å². The minimum atomic E-state index is -0.0849. The second-order valence-corrected chi connectivity index (χ2v) is 6.51. The number of nitrogens with zero attached hydrogens (tertiary/aromatic N) is 2. The predicted molar refractivity (Wildman–Crippen MR) is 88.2 cm³/mol. The van der Waals surface area contributed by atoms with E-state index in [4.69, 9.17) is 11.6 Å². The summed E-state index contributed by atoms with van der Waals surface area (Å²) in [7, 11) is 0. The van der Waals surface area contributed by atoms with Crippen molar-refractivity contribution in [3.63, 3.8) is 0 Å². The monoisotopic (exact) mass is 317 g/mol. The molecule has 3 rings (SSSR count). The van der Waals surface area contributed by atoms with E-state index < -0.39 is 0 Å². The van der Waals surface area contributed by atoms with Crippen molar-refractivity contribution < 1.29 is 4.79 Å². The molecule has 0 aliphatic heterocycles. The van der Waals surface area contributed by atoms with Crippen molar-refractivity contribution >= 4 is 23.2 Å². The summed E-state index contributed by atoms with van der Waals surface area (Å²) in [6.07, 6.45) is 5.26. The lowest BCUT2D eigenvalue weighted by atomic mass is 9.89. The smallest absolute Gasteiger partial charge is 0.246 e. The molecule has 1 heterocycles. The first-order chi connectivity index (χ1) is 10.5. The molecule has 1 N–H and O–H groups in total. The minimum absolute atomic E-state index is 0.0849. The topological polar surface area (TPSA) is 46.9 Å². The number of nitrogens with one attached hydrogen (secondary N) is 1. The predicted octanol–water partition coefficient (Wildman–Crippen LogP) is 3.61. The van der Waals surface area contributed by atoms with Crippen molar-refractivity contribution in [2.24, 2.45) is 5.92 Å². The van der Waals surface area contributed by atoms with Gasteiger partial charge >= 0.3 is 0 Å². The van der Waals surface area contributed by atoms with Crippen LogP contribution >= 0.6 is 11.6 Å². The van der Waals surface area contributed by atoms with Crippen LogP contribution in [-0.2, 0) is 24.2 Å². The van der Waals surface area contributed by atoms with E-state index in [2.05, 4.69) is 17.3 Å². The summed E-state index contributed by atoms with van der Waals surface area (Å²) in [5, 5.41) is 8.10. The van der Waals surface area contributed by atoms with Crippen LogP contribution < -0.4 is 5.32 Å². The van der Waals surface area contributed by atoms with E-state index in [1.165, 1.54) is 12.0 Å². The van der Waals surface area contributed by atoms with E-state index in [0.717, 1.165) is 29.8 Å². The molecule has 0 spiro atoms. The highest BCUT2D eigenvalue weighted by molar-refractivity contribution is 6.31. The average Bonchev–Trinajstić information content (AvgIpc) is 2.85. The maximum Gasteiger partial charge on any atom is 0.246 e. The molecule has 116 valence electrons. The molecular weight excluding hydrogens is 298 g/mol. The second-order valence-electron chi connectivity index (χ2n) is 6.11. The van der Waals surface area contributed by atoms with E-state index in [-0.39, 0.29) is 12.5 Å². The Morgan fingerprint density at radius 2 is 2.32 bits per heavy atom. The Kier molecular flexibility index (Phi) is 4.21. The number of benzene rings is 1. The number of aryl methyl sites for hydroxylation is 1. The van der Waals surface area contributed by atoms with Gasteiger partial charge in [0.15, 0.2) is 0 Å². The number of carbonyl (C=O) groups is 1. The van der Waals surface area contributed by atoms with Crippen LogP contribution in [0.5, 0.6) is 0 Å². The Morgan fingerprint density at radius 1 is 1.50 bits per heavy atom. The van der Waals surface area contributed by atoms with E-state index in [9.17, 15) is 4.79 Å². The number of rotatable bonds is 3. The molecule has 1 aromatic heterocycles. The molecule has 1 unspecified atom stereocenters. The molecule has 22 heavy (non-hydrogen) atoms. The molecule has 1 aliphatic rings. The first-order valence-electron chi connectivity index (χ1n) is 7.63. The number of fused-ring (bicyclic) bond motifs is 1. The van der Waals surface area contributed by atoms with Crippen LogP contribution in [0.2, 0.25) is 5.02 Å². The van der Waals surface area contributed by atoms with Gasteiger partial charge in [-0.15, -0.1) is 0 Å². The summed E-state index contributed by atoms with van der Waals surface area (Å²) in [5.74, 6) is 0.617. The third-order valence-electron chi connectivity index (χ3n) is 4.21. The highest BCUT2D eigenvalue weighted by Crippen LogP contribution is 2.25. The highest BCUT2D eigenvalue weighted by atomic mass is 35.5. The molecule has 0 saturated heterocycles. The van der Waals surface area contributed by atoms with E-state index in [0.29, 0.717) is 10.9 Å². The SMILES string of the molecule is Cc1c(Cl)cccc1NC(=O)Cn1cc2c(n1)CCC(C)C2. The van der Waals surface area contributed by atoms with Crippen molar-refractivity contribution in [2.45, 2.75) is 39.7 Å². The zero-order valence-corrected chi connectivity index (χ0v) is 13.7. The summed E-state index contributed by atoms with van der Waals surface area (Å²) in [6, 6.07) is 5.50. The molecule has 0 fully saturated rings. The van der Waals surface area contributed by atoms with Crippen LogP contribution in [0.1, 0.15) is 30.2 Å². The van der Waals surface area contributed by atoms with Crippen LogP contribution in [0.25, 0.3) is 0 Å². The summed E-state index contributed by atoms with van der Waals surface area (Å²) in [6.45, 7) is 4.38. The number of carbonyl (C=O) groups excluding carboxylic acids is 1. The fourth-order valence-electron chi connectivity index (χ4n) is 2.90. The lowest BCUT2D eigenvalue weighted by molar-refractivity contribution is -0.116. The molecule has 1 aliphatic carbocycles. The number of aromatic nitrogens is 2. The molecule has 0 radical (unpaired) electrons. The number of anilines is 1. The maximum atomic E-state index is 12.2. The summed E-state index contributed by atoms with van der Waals surface area (Å²) in [5.41, 5.74) is 4.06. The fourth-order valence-corrected chi connectivity index (χ4v) is 3.08. The maximum absolute atomic E-state index is 12.2. The standard InChI is InChI=1S/C17H20ClN3O/c1-11-6-7-16-13(8-11)9-21(20-16)10-17(22)19-15-5-3-4-14(18)12(15)2/h3-5,9,11H,6-8,10H2,1-2H3,(H,19,22). The normalized spacial score (nSPS) is 17.1. The van der Waals surface area contributed by atoms with E-state index in [1.54, 1.807) is 4.68 Å². The summed E-state index contributed by atoms with van der Waals surface area (Å²) in [4.78, 5) is 12.2. The molecule has 5 heteroatoms. The minimum Gasteiger partial charge on any atom is -0.324 e. The van der Waals surface area contributed by atoms with Gasteiger partial charge in [-0.05, 0) is 55.4 Å². The molecule has 1 atom stereocenters. The Morgan fingerprint density at radius 3 is 3.14 bits per heavy atom. The van der Waals surface area contributed by atoms with Gasteiger partial charge in [-0.2, -0.15) is 5.10 Å². The van der Waals surface area contributed by atoms with Crippen molar-refractivity contribution in [1.29, 1.82) is 0 Å². The zero-order chi connectivity index (χ0) is 15.7. The molecule has 0 bridgehead atoms. The summed E-state index contributed by atoms with van der Waals surface area (Å²) < 4.78 is 1.75. The molecule has 1 aromatic carbocycles. The van der Waals surface area contributed by atoms with Gasteiger partial charge in [0.05, 0.1) is 5.69 Å². The zero-order valence-electron chi connectivity index (χ0n) is 12.9. The molecule has 0 saturated carbocycles. The van der Waals surface area contributed by atoms with Crippen molar-refractivity contribution in [3.05, 3.63) is 46.2 Å².